The zero-order chi connectivity index (χ0) is 15.4. The molecule has 21 heavy (non-hydrogen) atoms. The van der Waals surface area contributed by atoms with Crippen LogP contribution in [0.2, 0.25) is 10.0 Å². The van der Waals surface area contributed by atoms with Gasteiger partial charge in [-0.3, -0.25) is 4.79 Å². The molecule has 1 aromatic carbocycles. The van der Waals surface area contributed by atoms with E-state index < -0.39 is 0 Å². The molecule has 1 atom stereocenters. The van der Waals surface area contributed by atoms with E-state index in [4.69, 9.17) is 27.9 Å². The summed E-state index contributed by atoms with van der Waals surface area (Å²) in [4.78, 5) is 25.4. The maximum atomic E-state index is 12.2. The Labute approximate surface area is 133 Å². The molecule has 0 bridgehead atoms. The van der Waals surface area contributed by atoms with Gasteiger partial charge in [0, 0.05) is 18.8 Å². The predicted octanol–water partition coefficient (Wildman–Crippen LogP) is 3.41. The van der Waals surface area contributed by atoms with E-state index in [0.717, 1.165) is 12.8 Å². The average molecular weight is 331 g/mol. The lowest BCUT2D eigenvalue weighted by molar-refractivity contribution is -0.146. The van der Waals surface area contributed by atoms with Crippen LogP contribution in [0, 0.1) is 5.92 Å². The summed E-state index contributed by atoms with van der Waals surface area (Å²) in [7, 11) is 1.36. The Morgan fingerprint density at radius 3 is 2.76 bits per heavy atom. The van der Waals surface area contributed by atoms with E-state index in [1.165, 1.54) is 7.11 Å². The van der Waals surface area contributed by atoms with Crippen LogP contribution in [0.5, 0.6) is 0 Å². The van der Waals surface area contributed by atoms with Crippen molar-refractivity contribution in [2.75, 3.05) is 25.5 Å². The third-order valence-corrected chi connectivity index (χ3v) is 4.15. The molecule has 1 aliphatic rings. The normalized spacial score (nSPS) is 18.2. The molecule has 1 fully saturated rings. The number of rotatable bonds is 2. The number of ether oxygens (including phenoxy) is 1. The summed E-state index contributed by atoms with van der Waals surface area (Å²) in [5.74, 6) is -0.537. The molecule has 2 rings (SSSR count). The van der Waals surface area contributed by atoms with Crippen molar-refractivity contribution in [2.45, 2.75) is 12.8 Å². The lowest BCUT2D eigenvalue weighted by Crippen LogP contribution is -2.44. The number of benzene rings is 1. The van der Waals surface area contributed by atoms with Crippen LogP contribution in [0.4, 0.5) is 10.5 Å². The molecule has 1 aliphatic heterocycles. The molecule has 1 heterocycles. The first-order valence-electron chi connectivity index (χ1n) is 6.60. The van der Waals surface area contributed by atoms with E-state index in [-0.39, 0.29) is 17.9 Å². The van der Waals surface area contributed by atoms with E-state index in [0.29, 0.717) is 28.8 Å². The minimum atomic E-state index is -0.276. The number of nitrogens with zero attached hydrogens (tertiary/aromatic N) is 1. The van der Waals surface area contributed by atoms with Gasteiger partial charge in [-0.15, -0.1) is 0 Å². The lowest BCUT2D eigenvalue weighted by Gasteiger charge is -2.31. The average Bonchev–Trinajstić information content (AvgIpc) is 2.50. The van der Waals surface area contributed by atoms with Crippen LogP contribution in [-0.2, 0) is 9.53 Å². The third-order valence-electron chi connectivity index (χ3n) is 3.41. The highest BCUT2D eigenvalue weighted by molar-refractivity contribution is 6.42. The molecule has 0 aliphatic carbocycles. The molecule has 0 aromatic heterocycles. The van der Waals surface area contributed by atoms with Gasteiger partial charge in [-0.1, -0.05) is 23.2 Å². The number of carbonyl (C=O) groups excluding carboxylic acids is 2. The number of esters is 1. The number of likely N-dealkylation sites (tertiary alicyclic amines) is 1. The van der Waals surface area contributed by atoms with Crippen LogP contribution in [0.15, 0.2) is 18.2 Å². The molecule has 5 nitrogen and oxygen atoms in total. The number of carbonyl (C=O) groups is 2. The van der Waals surface area contributed by atoms with Crippen LogP contribution in [-0.4, -0.2) is 37.1 Å². The van der Waals surface area contributed by atoms with Crippen LogP contribution >= 0.6 is 23.2 Å². The van der Waals surface area contributed by atoms with Crippen LogP contribution in [0.25, 0.3) is 0 Å². The quantitative estimate of drug-likeness (QED) is 0.845. The second kappa shape index (κ2) is 7.00. The summed E-state index contributed by atoms with van der Waals surface area (Å²) in [6, 6.07) is 4.62. The number of hydrogen-bond acceptors (Lipinski definition) is 3. The molecule has 1 N–H and O–H groups in total. The molecule has 0 spiro atoms. The van der Waals surface area contributed by atoms with Gasteiger partial charge >= 0.3 is 12.0 Å². The zero-order valence-corrected chi connectivity index (χ0v) is 13.1. The Morgan fingerprint density at radius 1 is 1.33 bits per heavy atom. The van der Waals surface area contributed by atoms with Crippen molar-refractivity contribution in [1.82, 2.24) is 4.90 Å². The van der Waals surface area contributed by atoms with Crippen molar-refractivity contribution in [3.05, 3.63) is 28.2 Å². The largest absolute Gasteiger partial charge is 0.469 e. The fourth-order valence-electron chi connectivity index (χ4n) is 2.30. The van der Waals surface area contributed by atoms with Crippen molar-refractivity contribution in [2.24, 2.45) is 5.92 Å². The summed E-state index contributed by atoms with van der Waals surface area (Å²) in [6.45, 7) is 0.973. The molecule has 0 saturated carbocycles. The summed E-state index contributed by atoms with van der Waals surface area (Å²) in [5, 5.41) is 3.55. The van der Waals surface area contributed by atoms with Gasteiger partial charge in [-0.25, -0.2) is 4.79 Å². The van der Waals surface area contributed by atoms with Gasteiger partial charge < -0.3 is 15.0 Å². The van der Waals surface area contributed by atoms with Crippen LogP contribution < -0.4 is 5.32 Å². The highest BCUT2D eigenvalue weighted by Gasteiger charge is 2.29. The molecular weight excluding hydrogens is 315 g/mol. The maximum absolute atomic E-state index is 12.2. The van der Waals surface area contributed by atoms with E-state index in [1.54, 1.807) is 23.1 Å². The number of halogens is 2. The maximum Gasteiger partial charge on any atom is 0.321 e. The Balaban J connectivity index is 1.99. The zero-order valence-electron chi connectivity index (χ0n) is 11.6. The van der Waals surface area contributed by atoms with E-state index in [1.807, 2.05) is 0 Å². The molecule has 1 aromatic rings. The van der Waals surface area contributed by atoms with Crippen molar-refractivity contribution < 1.29 is 14.3 Å². The fourth-order valence-corrected chi connectivity index (χ4v) is 2.60. The number of anilines is 1. The Morgan fingerprint density at radius 2 is 2.10 bits per heavy atom. The Bertz CT molecular complexity index is 551. The third kappa shape index (κ3) is 4.02. The van der Waals surface area contributed by atoms with Gasteiger partial charge in [-0.2, -0.15) is 0 Å². The minimum Gasteiger partial charge on any atom is -0.469 e. The van der Waals surface area contributed by atoms with Crippen molar-refractivity contribution in [1.29, 1.82) is 0 Å². The van der Waals surface area contributed by atoms with Gasteiger partial charge in [0.2, 0.25) is 0 Å². The lowest BCUT2D eigenvalue weighted by atomic mass is 9.98. The smallest absolute Gasteiger partial charge is 0.321 e. The van der Waals surface area contributed by atoms with Crippen LogP contribution in [0.1, 0.15) is 12.8 Å². The Hall–Kier alpha value is -1.46. The van der Waals surface area contributed by atoms with Crippen molar-refractivity contribution >= 4 is 40.9 Å². The summed E-state index contributed by atoms with van der Waals surface area (Å²) >= 11 is 11.7. The first kappa shape index (κ1) is 15.9. The number of methoxy groups -OCH3 is 1. The number of urea groups is 1. The van der Waals surface area contributed by atoms with E-state index in [2.05, 4.69) is 5.32 Å². The molecule has 0 radical (unpaired) electrons. The SMILES string of the molecule is COC(=O)C1CCCN(C(=O)Nc2ccc(Cl)c(Cl)c2)C1. The van der Waals surface area contributed by atoms with Gasteiger partial charge in [0.1, 0.15) is 0 Å². The summed E-state index contributed by atoms with van der Waals surface area (Å²) in [5.41, 5.74) is 0.564. The summed E-state index contributed by atoms with van der Waals surface area (Å²) < 4.78 is 4.74. The van der Waals surface area contributed by atoms with Crippen molar-refractivity contribution in [3.63, 3.8) is 0 Å². The molecule has 1 saturated heterocycles. The number of hydrogen-bond donors (Lipinski definition) is 1. The molecule has 1 unspecified atom stereocenters. The Kier molecular flexibility index (Phi) is 5.31. The number of nitrogens with one attached hydrogen (secondary N) is 1. The number of amides is 2. The molecular formula is C14H16Cl2N2O3. The highest BCUT2D eigenvalue weighted by Crippen LogP contribution is 2.25. The molecule has 7 heteroatoms. The highest BCUT2D eigenvalue weighted by atomic mass is 35.5. The predicted molar refractivity (Wildman–Crippen MR) is 81.8 cm³/mol. The van der Waals surface area contributed by atoms with E-state index in [9.17, 15) is 9.59 Å². The second-order valence-electron chi connectivity index (χ2n) is 4.87. The first-order chi connectivity index (χ1) is 10.0. The minimum absolute atomic E-state index is 0.261. The van der Waals surface area contributed by atoms with Gasteiger partial charge in [0.15, 0.2) is 0 Å². The van der Waals surface area contributed by atoms with Crippen LogP contribution in [0.3, 0.4) is 0 Å². The van der Waals surface area contributed by atoms with Gasteiger partial charge in [-0.05, 0) is 31.0 Å². The fraction of sp³-hybridized carbons (Fsp3) is 0.429. The molecule has 2 amide bonds. The topological polar surface area (TPSA) is 58.6 Å². The van der Waals surface area contributed by atoms with E-state index >= 15 is 0 Å². The number of piperidine rings is 1. The van der Waals surface area contributed by atoms with Crippen molar-refractivity contribution in [3.8, 4) is 0 Å². The monoisotopic (exact) mass is 330 g/mol. The van der Waals surface area contributed by atoms with Gasteiger partial charge in [0.25, 0.3) is 0 Å². The molecule has 114 valence electrons. The second-order valence-corrected chi connectivity index (χ2v) is 5.68. The van der Waals surface area contributed by atoms with Gasteiger partial charge in [0.05, 0.1) is 23.1 Å². The standard InChI is InChI=1S/C14H16Cl2N2O3/c1-21-13(19)9-3-2-6-18(8-9)14(20)17-10-4-5-11(15)12(16)7-10/h4-5,7,9H,2-3,6,8H2,1H3,(H,17,20). The summed E-state index contributed by atoms with van der Waals surface area (Å²) in [6.07, 6.45) is 1.51. The first-order valence-corrected chi connectivity index (χ1v) is 7.35.